The first-order chi connectivity index (χ1) is 37.6. The lowest BCUT2D eigenvalue weighted by atomic mass is 9.76. The molecule has 0 saturated carbocycles. The number of esters is 1. The average Bonchev–Trinajstić information content (AvgIpc) is 3.52. The predicted octanol–water partition coefficient (Wildman–Crippen LogP) is 4.24. The lowest BCUT2D eigenvalue weighted by Crippen LogP contribution is -2.66. The van der Waals surface area contributed by atoms with Crippen molar-refractivity contribution in [3.63, 3.8) is 0 Å². The Morgan fingerprint density at radius 3 is 2.05 bits per heavy atom. The van der Waals surface area contributed by atoms with Gasteiger partial charge >= 0.3 is 5.97 Å². The molecule has 4 saturated heterocycles. The summed E-state index contributed by atoms with van der Waals surface area (Å²) in [5, 5.41) is 80.7. The Bertz CT molecular complexity index is 2100. The summed E-state index contributed by atoms with van der Waals surface area (Å²) in [7, 11) is 7.22. The van der Waals surface area contributed by atoms with Gasteiger partial charge in [0.25, 0.3) is 0 Å². The number of ether oxygens (including phenoxy) is 13. The van der Waals surface area contributed by atoms with Gasteiger partial charge in [0.05, 0.1) is 73.2 Å². The first kappa shape index (κ1) is 68.2. The van der Waals surface area contributed by atoms with Crippen LogP contribution in [0.25, 0.3) is 0 Å². The average molecular weight is 1140 g/mol. The Kier molecular flexibility index (Phi) is 26.0. The van der Waals surface area contributed by atoms with Gasteiger partial charge in [-0.25, -0.2) is 4.79 Å². The molecule has 0 bridgehead atoms. The quantitative estimate of drug-likeness (QED) is 0.106. The minimum Gasteiger partial charge on any atom is -0.456 e. The van der Waals surface area contributed by atoms with Gasteiger partial charge in [0, 0.05) is 84.6 Å². The number of aliphatic hydroxyl groups excluding tert-OH is 6. The molecule has 7 N–H and O–H groups in total. The van der Waals surface area contributed by atoms with Crippen LogP contribution < -0.4 is 0 Å². The first-order valence-corrected chi connectivity index (χ1v) is 28.3. The number of carbonyl (C=O) groups is 1. The summed E-state index contributed by atoms with van der Waals surface area (Å²) in [6, 6.07) is 0. The van der Waals surface area contributed by atoms with E-state index in [-0.39, 0.29) is 50.2 Å². The monoisotopic (exact) mass is 1140 g/mol. The molecule has 4 fully saturated rings. The topological polar surface area (TPSA) is 279 Å². The number of hydrogen-bond acceptors (Lipinski definition) is 21. The van der Waals surface area contributed by atoms with Crippen molar-refractivity contribution in [3.8, 4) is 0 Å². The lowest BCUT2D eigenvalue weighted by molar-refractivity contribution is -0.374. The Hall–Kier alpha value is -2.59. The standard InChI is InChI=1S/C59H98O21/c1-30-18-17-19-41(60)44(69-13)26-46(77-56(66)34(5)24-32(3)22-31(2)23-33(4)42(21-20-30)78-57-52(64)51(63)53(71-15)38(9)75-57)54(65)59(72-16)36(7)49(61)35(6)43(80-59)25-40(29-68-12)76-48-28-58(11,67)55(39(10)74-48)79-47-27-45(70-14)50(62)37(8)73-47/h18,20-24,33,35-55,57,60-65,67H,17,19,25-29H2,1-16H3/b21-20+,30-18+,31-23+,32-22+,34-24+/t33-,35+,36-,37-,38+,39+,40-,41+,42-,43-,44+,45-,46+,47+,48+,49+,50-,51+,52+,53+,54-,55+,57+,58+,59-/m1/s1. The van der Waals surface area contributed by atoms with Crippen molar-refractivity contribution in [1.29, 1.82) is 0 Å². The zero-order valence-electron chi connectivity index (χ0n) is 50.0. The molecular formula is C59H98O21. The minimum atomic E-state index is -2.00. The van der Waals surface area contributed by atoms with E-state index in [1.807, 2.05) is 65.0 Å². The van der Waals surface area contributed by atoms with Crippen LogP contribution in [-0.4, -0.2) is 218 Å². The van der Waals surface area contributed by atoms with Crippen LogP contribution in [0.1, 0.15) is 115 Å². The van der Waals surface area contributed by atoms with Crippen LogP contribution in [0.2, 0.25) is 0 Å². The van der Waals surface area contributed by atoms with Gasteiger partial charge < -0.3 is 97.3 Å². The molecule has 0 aromatic heterocycles. The van der Waals surface area contributed by atoms with E-state index in [1.165, 1.54) is 35.5 Å². The van der Waals surface area contributed by atoms with Gasteiger partial charge in [0.15, 0.2) is 18.9 Å². The highest BCUT2D eigenvalue weighted by atomic mass is 16.7. The Morgan fingerprint density at radius 2 is 1.43 bits per heavy atom. The van der Waals surface area contributed by atoms with Gasteiger partial charge in [-0.3, -0.25) is 0 Å². The van der Waals surface area contributed by atoms with Crippen LogP contribution in [0.4, 0.5) is 0 Å². The van der Waals surface area contributed by atoms with Crippen molar-refractivity contribution in [2.24, 2.45) is 17.8 Å². The molecule has 0 aromatic carbocycles. The van der Waals surface area contributed by atoms with E-state index in [9.17, 15) is 40.5 Å². The summed E-state index contributed by atoms with van der Waals surface area (Å²) in [5.74, 6) is -4.51. The maximum Gasteiger partial charge on any atom is 0.334 e. The van der Waals surface area contributed by atoms with Gasteiger partial charge in [0.1, 0.15) is 42.7 Å². The molecule has 5 heterocycles. The van der Waals surface area contributed by atoms with Crippen LogP contribution in [0.5, 0.6) is 0 Å². The molecule has 0 aliphatic carbocycles. The molecule has 0 unspecified atom stereocenters. The van der Waals surface area contributed by atoms with Gasteiger partial charge in [-0.15, -0.1) is 0 Å². The van der Waals surface area contributed by atoms with E-state index >= 15 is 0 Å². The summed E-state index contributed by atoms with van der Waals surface area (Å²) in [4.78, 5) is 14.3. The van der Waals surface area contributed by atoms with E-state index in [1.54, 1.807) is 47.6 Å². The van der Waals surface area contributed by atoms with Crippen LogP contribution >= 0.6 is 0 Å². The van der Waals surface area contributed by atoms with Crippen molar-refractivity contribution >= 4 is 5.97 Å². The summed E-state index contributed by atoms with van der Waals surface area (Å²) in [6.07, 6.45) is -6.94. The molecule has 5 aliphatic rings. The molecule has 21 nitrogen and oxygen atoms in total. The van der Waals surface area contributed by atoms with E-state index < -0.39 is 152 Å². The molecule has 5 rings (SSSR count). The SMILES string of the molecule is COC[C@@H](C[C@H]1O[C@@](OC)([C@H](O)[C@@H]2C[C@H](OC)[C@@H](O)CC/C=C(C)/C=C/[C@@H](O[C@@H]3O[C@@H](C)[C@H](OC)[C@@H](O)[C@@H]3O)[C@H](C)/C=C(C)/C=C(C)/C=C(\C)C(=O)O2)[C@H](C)[C@@H](O)[C@H]1C)O[C@H]1C[C@](C)(O)[C@@H](O[C@H]2C[C@@H](OC)[C@H](O)[C@@H](C)O2)[C@H](C)O1. The number of aliphatic hydroxyl groups is 7. The number of methoxy groups -OCH3 is 5. The summed E-state index contributed by atoms with van der Waals surface area (Å²) >= 11 is 0. The number of hydrogen-bond donors (Lipinski definition) is 7. The van der Waals surface area contributed by atoms with E-state index in [2.05, 4.69) is 0 Å². The summed E-state index contributed by atoms with van der Waals surface area (Å²) in [5.41, 5.74) is 1.11. The molecule has 460 valence electrons. The maximum absolute atomic E-state index is 14.3. The second-order valence-corrected chi connectivity index (χ2v) is 23.2. The largest absolute Gasteiger partial charge is 0.456 e. The smallest absolute Gasteiger partial charge is 0.334 e. The lowest BCUT2D eigenvalue weighted by Gasteiger charge is -2.53. The Balaban J connectivity index is 1.39. The molecule has 0 aromatic rings. The number of cyclic esters (lactones) is 1. The van der Waals surface area contributed by atoms with Gasteiger partial charge in [-0.1, -0.05) is 67.9 Å². The zero-order valence-corrected chi connectivity index (χ0v) is 50.0. The molecule has 5 aliphatic heterocycles. The van der Waals surface area contributed by atoms with Crippen LogP contribution in [0.15, 0.2) is 58.7 Å². The molecule has 0 amide bonds. The third-order valence-electron chi connectivity index (χ3n) is 16.7. The molecule has 0 spiro atoms. The number of allylic oxidation sites excluding steroid dienone is 7. The molecule has 80 heavy (non-hydrogen) atoms. The molecular weight excluding hydrogens is 1040 g/mol. The zero-order chi connectivity index (χ0) is 59.6. The second kappa shape index (κ2) is 30.5. The molecule has 0 radical (unpaired) electrons. The van der Waals surface area contributed by atoms with E-state index in [4.69, 9.17) is 61.6 Å². The van der Waals surface area contributed by atoms with Gasteiger partial charge in [-0.2, -0.15) is 0 Å². The highest BCUT2D eigenvalue weighted by Crippen LogP contribution is 2.45. The molecule has 21 heteroatoms. The van der Waals surface area contributed by atoms with Crippen molar-refractivity contribution < 1.29 is 102 Å². The third-order valence-corrected chi connectivity index (χ3v) is 16.7. The Labute approximate surface area is 474 Å². The van der Waals surface area contributed by atoms with Crippen LogP contribution in [0, 0.1) is 17.8 Å². The van der Waals surface area contributed by atoms with Crippen molar-refractivity contribution in [2.45, 2.75) is 249 Å². The highest BCUT2D eigenvalue weighted by Gasteiger charge is 2.59. The fourth-order valence-corrected chi connectivity index (χ4v) is 11.9. The number of carbonyl (C=O) groups excluding carboxylic acids is 1. The van der Waals surface area contributed by atoms with Crippen molar-refractivity contribution in [2.75, 3.05) is 42.2 Å². The van der Waals surface area contributed by atoms with Gasteiger partial charge in [0.2, 0.25) is 5.79 Å². The van der Waals surface area contributed by atoms with Crippen LogP contribution in [0.3, 0.4) is 0 Å². The maximum atomic E-state index is 14.3. The first-order valence-electron chi connectivity index (χ1n) is 28.3. The van der Waals surface area contributed by atoms with Crippen molar-refractivity contribution in [1.82, 2.24) is 0 Å². The van der Waals surface area contributed by atoms with E-state index in [0.717, 1.165) is 11.1 Å². The highest BCUT2D eigenvalue weighted by molar-refractivity contribution is 5.88. The predicted molar refractivity (Wildman–Crippen MR) is 292 cm³/mol. The van der Waals surface area contributed by atoms with E-state index in [0.29, 0.717) is 12.0 Å². The fourth-order valence-electron chi connectivity index (χ4n) is 11.9. The Morgan fingerprint density at radius 1 is 0.750 bits per heavy atom. The number of rotatable bonds is 16. The second-order valence-electron chi connectivity index (χ2n) is 23.2. The third kappa shape index (κ3) is 17.1. The van der Waals surface area contributed by atoms with Crippen LogP contribution in [-0.2, 0) is 66.4 Å². The minimum absolute atomic E-state index is 0.00454. The summed E-state index contributed by atoms with van der Waals surface area (Å²) in [6.45, 7) is 19.6. The summed E-state index contributed by atoms with van der Waals surface area (Å²) < 4.78 is 79.1. The molecule has 25 atom stereocenters. The normalized spacial score (nSPS) is 46.2. The fraction of sp³-hybridized carbons (Fsp3) is 0.814. The van der Waals surface area contributed by atoms with Crippen molar-refractivity contribution in [3.05, 3.63) is 58.7 Å². The van der Waals surface area contributed by atoms with Gasteiger partial charge in [-0.05, 0) is 74.3 Å².